The molecule has 4 heteroatoms. The van der Waals surface area contributed by atoms with Gasteiger partial charge in [-0.15, -0.1) is 0 Å². The quantitative estimate of drug-likeness (QED) is 0.183. The summed E-state index contributed by atoms with van der Waals surface area (Å²) in [7, 11) is -0.656. The van der Waals surface area contributed by atoms with Crippen LogP contribution < -0.4 is 0 Å². The molecular weight excluding hydrogens is 665 g/mol. The molecule has 2 aliphatic carbocycles. The van der Waals surface area contributed by atoms with E-state index in [0.29, 0.717) is 9.59 Å². The van der Waals surface area contributed by atoms with Crippen molar-refractivity contribution >= 4 is 21.7 Å². The fraction of sp³-hybridized carbons (Fsp3) is 0.200. The molecule has 0 radical (unpaired) electrons. The first-order chi connectivity index (χ1) is 18.9. The molecule has 0 spiro atoms. The van der Waals surface area contributed by atoms with Crippen molar-refractivity contribution in [3.8, 4) is 22.3 Å². The van der Waals surface area contributed by atoms with E-state index in [1.165, 1.54) is 50.4 Å². The molecule has 2 unspecified atom stereocenters. The van der Waals surface area contributed by atoms with Gasteiger partial charge in [-0.2, -0.15) is 0 Å². The second kappa shape index (κ2) is 9.74. The minimum absolute atomic E-state index is 0.188. The van der Waals surface area contributed by atoms with Crippen molar-refractivity contribution < 1.29 is 28.7 Å². The van der Waals surface area contributed by atoms with Gasteiger partial charge >= 0.3 is 238 Å². The van der Waals surface area contributed by atoms with E-state index in [-0.39, 0.29) is 11.6 Å². The molecule has 0 nitrogen and oxygen atoms in total. The van der Waals surface area contributed by atoms with Crippen LogP contribution in [-0.4, -0.2) is 9.52 Å². The van der Waals surface area contributed by atoms with Crippen LogP contribution in [0.5, 0.6) is 0 Å². The van der Waals surface area contributed by atoms with Crippen molar-refractivity contribution in [2.24, 2.45) is 0 Å². The van der Waals surface area contributed by atoms with Gasteiger partial charge in [0.1, 0.15) is 0 Å². The van der Waals surface area contributed by atoms with Crippen LogP contribution in [0.3, 0.4) is 0 Å². The predicted molar refractivity (Wildman–Crippen MR) is 159 cm³/mol. The zero-order chi connectivity index (χ0) is 26.7. The third-order valence-electron chi connectivity index (χ3n) is 9.26. The van der Waals surface area contributed by atoms with Crippen molar-refractivity contribution in [2.75, 3.05) is 0 Å². The van der Waals surface area contributed by atoms with Crippen LogP contribution >= 0.6 is 0 Å². The summed E-state index contributed by atoms with van der Waals surface area (Å²) in [6, 6.07) is 27.5. The molecule has 0 aromatic heterocycles. The fourth-order valence-corrected chi connectivity index (χ4v) is 28.2. The van der Waals surface area contributed by atoms with Crippen molar-refractivity contribution in [3.05, 3.63) is 129 Å². The molecule has 39 heavy (non-hydrogen) atoms. The maximum atomic E-state index is 13.7. The molecule has 1 aliphatic heterocycles. The summed E-state index contributed by atoms with van der Waals surface area (Å²) in [5.74, 6) is 0.131. The van der Waals surface area contributed by atoms with Crippen LogP contribution in [0.15, 0.2) is 95.3 Å². The molecule has 1 saturated heterocycles. The molecular formula is C35H32F2HfSi. The summed E-state index contributed by atoms with van der Waals surface area (Å²) in [5.41, 5.74) is 10.4. The number of hydrogen-bond donors (Lipinski definition) is 0. The van der Waals surface area contributed by atoms with Gasteiger partial charge in [0.25, 0.3) is 0 Å². The number of halogens is 2. The van der Waals surface area contributed by atoms with Gasteiger partial charge in [-0.1, -0.05) is 0 Å². The minimum atomic E-state index is -2.64. The first-order valence-corrected chi connectivity index (χ1v) is 27.3. The molecule has 2 atom stereocenters. The van der Waals surface area contributed by atoms with E-state index in [0.717, 1.165) is 11.1 Å². The van der Waals surface area contributed by atoms with E-state index in [4.69, 9.17) is 0 Å². The van der Waals surface area contributed by atoms with E-state index >= 15 is 0 Å². The average Bonchev–Trinajstić information content (AvgIpc) is 3.48. The molecule has 3 aliphatic rings. The summed E-state index contributed by atoms with van der Waals surface area (Å²) in [6.45, 7) is 0. The van der Waals surface area contributed by atoms with Crippen molar-refractivity contribution in [2.45, 2.75) is 36.0 Å². The molecule has 0 amide bonds. The Bertz CT molecular complexity index is 1650. The zero-order valence-corrected chi connectivity index (χ0v) is 27.5. The molecule has 7 rings (SSSR count). The van der Waals surface area contributed by atoms with E-state index in [1.54, 1.807) is 34.7 Å². The van der Waals surface area contributed by atoms with Crippen molar-refractivity contribution in [1.29, 1.82) is 0 Å². The van der Waals surface area contributed by atoms with Crippen molar-refractivity contribution in [3.63, 3.8) is 0 Å². The molecule has 4 aromatic carbocycles. The van der Waals surface area contributed by atoms with Crippen LogP contribution in [0.25, 0.3) is 34.4 Å². The Labute approximate surface area is 236 Å². The Hall–Kier alpha value is -2.69. The number of rotatable bonds is 2. The van der Waals surface area contributed by atoms with Crippen LogP contribution in [0, 0.1) is 11.6 Å². The van der Waals surface area contributed by atoms with Crippen LogP contribution in [0.2, 0.25) is 13.5 Å². The summed E-state index contributed by atoms with van der Waals surface area (Å²) in [5, 5.41) is 3.39. The summed E-state index contributed by atoms with van der Waals surface area (Å²) < 4.78 is 34.8. The average molecular weight is 697 g/mol. The SMILES string of the molecule is [CH3][Hf]1([CH3])[CH2]CCC2C(=Cc3c(-c4ccc(F)cc4)cccc32)[SiH2]C2=Cc3c(-c4ccc(F)cc4)cccc3[CH]21. The summed E-state index contributed by atoms with van der Waals surface area (Å²) in [6.07, 6.45) is 7.61. The van der Waals surface area contributed by atoms with Crippen LogP contribution in [0.4, 0.5) is 8.78 Å². The second-order valence-electron chi connectivity index (χ2n) is 12.1. The Morgan fingerprint density at radius 2 is 1.21 bits per heavy atom. The van der Waals surface area contributed by atoms with Gasteiger partial charge in [0.05, 0.1) is 0 Å². The molecule has 4 aromatic rings. The molecule has 0 N–H and O–H groups in total. The monoisotopic (exact) mass is 698 g/mol. The van der Waals surface area contributed by atoms with E-state index < -0.39 is 29.5 Å². The Balaban J connectivity index is 1.33. The summed E-state index contributed by atoms with van der Waals surface area (Å²) >= 11 is -2.64. The van der Waals surface area contributed by atoms with Gasteiger partial charge < -0.3 is 0 Å². The van der Waals surface area contributed by atoms with Crippen LogP contribution in [0.1, 0.15) is 44.7 Å². The standard InChI is InChI=1S/C33H26F2Si.2CH3.Hf/c1-2-5-30-29-9-4-8-28(22-12-16-25(35)17-13-22)32(29)20-33(30)36-26-18-23-6-3-7-27(31(23)19-26)21-10-14-24(34)15-11-21;;;/h3-4,6-20,30H,1-2,5,36H2;2*1H3;. The zero-order valence-electron chi connectivity index (χ0n) is 22.5. The summed E-state index contributed by atoms with van der Waals surface area (Å²) in [4.78, 5) is 0. The van der Waals surface area contributed by atoms with Gasteiger partial charge in [0.2, 0.25) is 0 Å². The van der Waals surface area contributed by atoms with Gasteiger partial charge in [0.15, 0.2) is 0 Å². The number of allylic oxidation sites excluding steroid dienone is 2. The maximum absolute atomic E-state index is 13.7. The third kappa shape index (κ3) is 4.40. The first-order valence-electron chi connectivity index (χ1n) is 14.1. The normalized spacial score (nSPS) is 21.5. The van der Waals surface area contributed by atoms with Gasteiger partial charge in [-0.3, -0.25) is 0 Å². The van der Waals surface area contributed by atoms with E-state index in [1.807, 2.05) is 24.3 Å². The molecule has 1 heterocycles. The molecule has 0 bridgehead atoms. The van der Waals surface area contributed by atoms with Gasteiger partial charge in [-0.25, -0.2) is 0 Å². The van der Waals surface area contributed by atoms with Crippen LogP contribution in [-0.2, 0) is 20.0 Å². The number of hydrogen-bond acceptors (Lipinski definition) is 0. The molecule has 194 valence electrons. The van der Waals surface area contributed by atoms with E-state index in [9.17, 15) is 8.78 Å². The second-order valence-corrected chi connectivity index (χ2v) is 32.3. The Morgan fingerprint density at radius 3 is 1.82 bits per heavy atom. The first kappa shape index (κ1) is 25.3. The molecule has 0 saturated carbocycles. The van der Waals surface area contributed by atoms with E-state index in [2.05, 4.69) is 57.9 Å². The number of fused-ring (bicyclic) bond motifs is 6. The Morgan fingerprint density at radius 1 is 0.667 bits per heavy atom. The predicted octanol–water partition coefficient (Wildman–Crippen LogP) is 9.46. The molecule has 1 fully saturated rings. The third-order valence-corrected chi connectivity index (χ3v) is 26.8. The van der Waals surface area contributed by atoms with Crippen molar-refractivity contribution in [1.82, 2.24) is 0 Å². The number of benzene rings is 4. The fourth-order valence-electron chi connectivity index (χ4n) is 7.49. The van der Waals surface area contributed by atoms with Gasteiger partial charge in [-0.05, 0) is 0 Å². The Kier molecular flexibility index (Phi) is 6.32. The van der Waals surface area contributed by atoms with Gasteiger partial charge in [0, 0.05) is 0 Å². The topological polar surface area (TPSA) is 0 Å².